The summed E-state index contributed by atoms with van der Waals surface area (Å²) in [6.07, 6.45) is 1.63. The van der Waals surface area contributed by atoms with Gasteiger partial charge in [-0.05, 0) is 51.3 Å². The van der Waals surface area contributed by atoms with E-state index in [1.165, 1.54) is 11.8 Å². The summed E-state index contributed by atoms with van der Waals surface area (Å²) in [5.74, 6) is 0.941. The van der Waals surface area contributed by atoms with E-state index in [9.17, 15) is 4.79 Å². The summed E-state index contributed by atoms with van der Waals surface area (Å²) in [5.41, 5.74) is 5.63. The van der Waals surface area contributed by atoms with Crippen molar-refractivity contribution in [3.8, 4) is 0 Å². The molecular formula is C18H19BrClN3OS. The highest BCUT2D eigenvalue weighted by molar-refractivity contribution is 9.10. The highest BCUT2D eigenvalue weighted by atomic mass is 79.9. The molecule has 2 aromatic rings. The first-order chi connectivity index (χ1) is 12.0. The minimum Gasteiger partial charge on any atom is -0.377 e. The number of anilines is 1. The molecule has 0 fully saturated rings. The van der Waals surface area contributed by atoms with Crippen LogP contribution in [0.3, 0.4) is 0 Å². The quantitative estimate of drug-likeness (QED) is 0.507. The average Bonchev–Trinajstić information content (AvgIpc) is 2.54. The molecule has 25 heavy (non-hydrogen) atoms. The van der Waals surface area contributed by atoms with E-state index in [1.54, 1.807) is 6.21 Å². The Labute approximate surface area is 165 Å². The minimum atomic E-state index is -0.132. The van der Waals surface area contributed by atoms with Gasteiger partial charge < -0.3 is 4.90 Å². The summed E-state index contributed by atoms with van der Waals surface area (Å²) in [7, 11) is 3.96. The third kappa shape index (κ3) is 6.72. The highest BCUT2D eigenvalue weighted by Crippen LogP contribution is 2.25. The molecule has 1 N–H and O–H groups in total. The van der Waals surface area contributed by atoms with Crippen molar-refractivity contribution in [2.45, 2.75) is 5.75 Å². The van der Waals surface area contributed by atoms with E-state index in [4.69, 9.17) is 11.6 Å². The number of halogens is 2. The largest absolute Gasteiger partial charge is 0.377 e. The van der Waals surface area contributed by atoms with Crippen LogP contribution in [0.25, 0.3) is 0 Å². The van der Waals surface area contributed by atoms with Gasteiger partial charge in [0, 0.05) is 29.3 Å². The van der Waals surface area contributed by atoms with E-state index < -0.39 is 0 Å². The second-order valence-electron chi connectivity index (χ2n) is 5.52. The molecule has 0 aliphatic heterocycles. The Kier molecular flexibility index (Phi) is 7.81. The zero-order valence-corrected chi connectivity index (χ0v) is 17.2. The summed E-state index contributed by atoms with van der Waals surface area (Å²) < 4.78 is 0.977. The Bertz CT molecular complexity index is 768. The van der Waals surface area contributed by atoms with Crippen LogP contribution in [-0.4, -0.2) is 32.0 Å². The Morgan fingerprint density at radius 3 is 2.80 bits per heavy atom. The second-order valence-corrected chi connectivity index (χ2v) is 7.80. The van der Waals surface area contributed by atoms with E-state index in [-0.39, 0.29) is 5.91 Å². The zero-order chi connectivity index (χ0) is 18.2. The Morgan fingerprint density at radius 1 is 1.32 bits per heavy atom. The number of nitrogens with one attached hydrogen (secondary N) is 1. The van der Waals surface area contributed by atoms with Crippen LogP contribution in [0, 0.1) is 0 Å². The fraction of sp³-hybridized carbons (Fsp3) is 0.222. The molecule has 2 rings (SSSR count). The van der Waals surface area contributed by atoms with Crippen LogP contribution in [0.5, 0.6) is 0 Å². The number of hydrogen-bond acceptors (Lipinski definition) is 4. The van der Waals surface area contributed by atoms with Crippen molar-refractivity contribution in [2.24, 2.45) is 5.10 Å². The zero-order valence-electron chi connectivity index (χ0n) is 14.0. The lowest BCUT2D eigenvalue weighted by atomic mass is 10.2. The molecule has 7 heteroatoms. The highest BCUT2D eigenvalue weighted by Gasteiger charge is 2.03. The molecule has 1 amide bonds. The van der Waals surface area contributed by atoms with Gasteiger partial charge in [0.25, 0.3) is 0 Å². The number of carbonyl (C=O) groups excluding carboxylic acids is 1. The standard InChI is InChI=1S/C18H19BrClN3OS/c1-23(2)17-7-6-13(9-16(17)19)10-21-22-18(24)12-25-11-14-4-3-5-15(20)8-14/h3-10H,11-12H2,1-2H3,(H,22,24)/b21-10-. The van der Waals surface area contributed by atoms with Crippen molar-refractivity contribution >= 4 is 57.1 Å². The van der Waals surface area contributed by atoms with Crippen LogP contribution in [0.4, 0.5) is 5.69 Å². The van der Waals surface area contributed by atoms with Gasteiger partial charge in [-0.1, -0.05) is 29.8 Å². The number of hydrazone groups is 1. The maximum Gasteiger partial charge on any atom is 0.250 e. The molecule has 4 nitrogen and oxygen atoms in total. The molecule has 0 radical (unpaired) electrons. The molecule has 0 saturated carbocycles. The molecule has 0 saturated heterocycles. The lowest BCUT2D eigenvalue weighted by Crippen LogP contribution is -2.19. The van der Waals surface area contributed by atoms with Crippen molar-refractivity contribution in [3.63, 3.8) is 0 Å². The molecule has 0 bridgehead atoms. The van der Waals surface area contributed by atoms with Gasteiger partial charge in [0.1, 0.15) is 0 Å². The van der Waals surface area contributed by atoms with Gasteiger partial charge in [-0.15, -0.1) is 11.8 Å². The molecule has 0 aliphatic carbocycles. The van der Waals surface area contributed by atoms with Crippen LogP contribution in [0.1, 0.15) is 11.1 Å². The molecular weight excluding hydrogens is 422 g/mol. The van der Waals surface area contributed by atoms with Crippen LogP contribution >= 0.6 is 39.3 Å². The predicted molar refractivity (Wildman–Crippen MR) is 112 cm³/mol. The lowest BCUT2D eigenvalue weighted by molar-refractivity contribution is -0.118. The number of hydrogen-bond donors (Lipinski definition) is 1. The fourth-order valence-corrected chi connectivity index (χ4v) is 3.80. The van der Waals surface area contributed by atoms with Gasteiger partial charge >= 0.3 is 0 Å². The Balaban J connectivity index is 1.77. The maximum atomic E-state index is 11.8. The summed E-state index contributed by atoms with van der Waals surface area (Å²) >= 11 is 11.0. The molecule has 0 aliphatic rings. The van der Waals surface area contributed by atoms with Crippen molar-refractivity contribution in [2.75, 3.05) is 24.7 Å². The van der Waals surface area contributed by atoms with Crippen molar-refractivity contribution in [3.05, 3.63) is 63.1 Å². The van der Waals surface area contributed by atoms with Gasteiger partial charge in [-0.2, -0.15) is 5.10 Å². The van der Waals surface area contributed by atoms with Crippen LogP contribution in [0.15, 0.2) is 52.0 Å². The summed E-state index contributed by atoms with van der Waals surface area (Å²) in [4.78, 5) is 13.8. The predicted octanol–water partition coefficient (Wildman–Crippen LogP) is 4.55. The van der Waals surface area contributed by atoms with Gasteiger partial charge in [0.2, 0.25) is 5.91 Å². The number of carbonyl (C=O) groups is 1. The van der Waals surface area contributed by atoms with E-state index >= 15 is 0 Å². The second kappa shape index (κ2) is 9.85. The number of thioether (sulfide) groups is 1. The maximum absolute atomic E-state index is 11.8. The number of amides is 1. The number of benzene rings is 2. The number of nitrogens with zero attached hydrogens (tertiary/aromatic N) is 2. The van der Waals surface area contributed by atoms with Crippen molar-refractivity contribution in [1.29, 1.82) is 0 Å². The third-order valence-corrected chi connectivity index (χ3v) is 5.12. The molecule has 132 valence electrons. The SMILES string of the molecule is CN(C)c1ccc(/C=N\NC(=O)CSCc2cccc(Cl)c2)cc1Br. The molecule has 2 aromatic carbocycles. The van der Waals surface area contributed by atoms with Gasteiger partial charge in [-0.3, -0.25) is 4.79 Å². The van der Waals surface area contributed by atoms with Crippen LogP contribution in [0.2, 0.25) is 5.02 Å². The lowest BCUT2D eigenvalue weighted by Gasteiger charge is -2.14. The first-order valence-electron chi connectivity index (χ1n) is 7.56. The van der Waals surface area contributed by atoms with Gasteiger partial charge in [0.15, 0.2) is 0 Å². The first kappa shape index (κ1) is 19.8. The average molecular weight is 441 g/mol. The Hall–Kier alpha value is -1.50. The summed E-state index contributed by atoms with van der Waals surface area (Å²) in [6, 6.07) is 13.5. The summed E-state index contributed by atoms with van der Waals surface area (Å²) in [5, 5.41) is 4.71. The van der Waals surface area contributed by atoms with Crippen LogP contribution in [-0.2, 0) is 10.5 Å². The Morgan fingerprint density at radius 2 is 2.12 bits per heavy atom. The molecule has 0 unspecified atom stereocenters. The van der Waals surface area contributed by atoms with E-state index in [2.05, 4.69) is 26.5 Å². The molecule has 0 aromatic heterocycles. The smallest absolute Gasteiger partial charge is 0.250 e. The topological polar surface area (TPSA) is 44.7 Å². The van der Waals surface area contributed by atoms with E-state index in [0.29, 0.717) is 10.8 Å². The molecule has 0 atom stereocenters. The third-order valence-electron chi connectivity index (χ3n) is 3.25. The fourth-order valence-electron chi connectivity index (χ4n) is 2.07. The van der Waals surface area contributed by atoms with Gasteiger partial charge in [0.05, 0.1) is 17.7 Å². The monoisotopic (exact) mass is 439 g/mol. The molecule has 0 spiro atoms. The summed E-state index contributed by atoms with van der Waals surface area (Å²) in [6.45, 7) is 0. The van der Waals surface area contributed by atoms with E-state index in [1.807, 2.05) is 61.5 Å². The van der Waals surface area contributed by atoms with E-state index in [0.717, 1.165) is 27.0 Å². The first-order valence-corrected chi connectivity index (χ1v) is 9.89. The van der Waals surface area contributed by atoms with Crippen molar-refractivity contribution in [1.82, 2.24) is 5.43 Å². The van der Waals surface area contributed by atoms with Gasteiger partial charge in [-0.25, -0.2) is 5.43 Å². The van der Waals surface area contributed by atoms with Crippen molar-refractivity contribution < 1.29 is 4.79 Å². The number of rotatable bonds is 7. The normalized spacial score (nSPS) is 10.9. The van der Waals surface area contributed by atoms with Crippen LogP contribution < -0.4 is 10.3 Å². The minimum absolute atomic E-state index is 0.132. The molecule has 0 heterocycles.